The fourth-order valence-electron chi connectivity index (χ4n) is 1.94. The molecule has 1 aliphatic rings. The molecule has 124 valence electrons. The molecule has 0 amide bonds. The van der Waals surface area contributed by atoms with Gasteiger partial charge in [-0.2, -0.15) is 0 Å². The monoisotopic (exact) mass is 356 g/mol. The molecule has 1 aromatic rings. The van der Waals surface area contributed by atoms with Crippen molar-refractivity contribution in [2.45, 2.75) is 24.5 Å². The normalized spacial score (nSPS) is 29.0. The van der Waals surface area contributed by atoms with Crippen LogP contribution >= 0.6 is 20.6 Å². The van der Waals surface area contributed by atoms with Crippen molar-refractivity contribution >= 4 is 20.6 Å². The molecule has 2 rings (SSSR count). The van der Waals surface area contributed by atoms with Gasteiger partial charge in [0, 0.05) is 12.3 Å². The van der Waals surface area contributed by atoms with Gasteiger partial charge < -0.3 is 24.7 Å². The van der Waals surface area contributed by atoms with Gasteiger partial charge in [0.15, 0.2) is 6.23 Å². The third-order valence-corrected chi connectivity index (χ3v) is 3.86. The highest BCUT2D eigenvalue weighted by molar-refractivity contribution is 7.78. The number of phosphoric ester groups is 1. The van der Waals surface area contributed by atoms with Crippen molar-refractivity contribution in [3.05, 3.63) is 33.1 Å². The third-order valence-electron chi connectivity index (χ3n) is 3.01. The first-order valence-electron chi connectivity index (χ1n) is 5.87. The first-order chi connectivity index (χ1) is 10.1. The molecular weight excluding hydrogens is 343 g/mol. The minimum atomic E-state index is -4.78. The lowest BCUT2D eigenvalue weighted by molar-refractivity contribution is -0.0544. The van der Waals surface area contributed by atoms with Crippen LogP contribution in [-0.2, 0) is 13.8 Å². The van der Waals surface area contributed by atoms with Crippen molar-refractivity contribution < 1.29 is 33.8 Å². The van der Waals surface area contributed by atoms with Crippen molar-refractivity contribution in [1.29, 1.82) is 0 Å². The van der Waals surface area contributed by atoms with Crippen LogP contribution in [0.25, 0.3) is 0 Å². The Bertz CT molecular complexity index is 712. The van der Waals surface area contributed by atoms with E-state index in [1.165, 1.54) is 0 Å². The predicted molar refractivity (Wildman–Crippen MR) is 73.3 cm³/mol. The Morgan fingerprint density at radius 1 is 1.32 bits per heavy atom. The Kier molecular flexibility index (Phi) is 4.94. The van der Waals surface area contributed by atoms with E-state index in [1.54, 1.807) is 0 Å². The molecule has 0 saturated carbocycles. The number of rotatable bonds is 4. The van der Waals surface area contributed by atoms with E-state index in [1.807, 2.05) is 0 Å². The second-order valence-corrected chi connectivity index (χ2v) is 6.13. The molecule has 0 spiro atoms. The number of aliphatic hydroxyl groups excluding tert-OH is 2. The van der Waals surface area contributed by atoms with Gasteiger partial charge in [-0.05, 0) is 0 Å². The molecule has 11 nitrogen and oxygen atoms in total. The maximum atomic E-state index is 11.9. The summed E-state index contributed by atoms with van der Waals surface area (Å²) in [5, 5.41) is 19.7. The number of hydrogen-bond donors (Lipinski definition) is 5. The molecule has 0 bridgehead atoms. The summed E-state index contributed by atoms with van der Waals surface area (Å²) in [4.78, 5) is 40.3. The Labute approximate surface area is 128 Å². The quantitative estimate of drug-likeness (QED) is 0.288. The van der Waals surface area contributed by atoms with E-state index in [2.05, 4.69) is 17.3 Å². The van der Waals surface area contributed by atoms with Crippen LogP contribution in [0.1, 0.15) is 6.23 Å². The minimum Gasteiger partial charge on any atom is -0.387 e. The van der Waals surface area contributed by atoms with E-state index in [4.69, 9.17) is 14.5 Å². The van der Waals surface area contributed by atoms with E-state index < -0.39 is 50.2 Å². The lowest BCUT2D eigenvalue weighted by atomic mass is 10.1. The molecule has 0 unspecified atom stereocenters. The molecule has 4 N–H and O–H groups in total. The molecule has 13 heteroatoms. The summed E-state index contributed by atoms with van der Waals surface area (Å²) in [6.07, 6.45) is -4.73. The predicted octanol–water partition coefficient (Wildman–Crippen LogP) is -2.57. The number of aliphatic hydroxyl groups is 2. The number of hydrogen-bond acceptors (Lipinski definition) is 8. The lowest BCUT2D eigenvalue weighted by Gasteiger charge is -2.17. The molecular formula is C9H13N2O9PS. The fourth-order valence-corrected chi connectivity index (χ4v) is 2.45. The lowest BCUT2D eigenvalue weighted by Crippen LogP contribution is -2.40. The van der Waals surface area contributed by atoms with E-state index in [0.717, 1.165) is 16.8 Å². The molecule has 2 heterocycles. The van der Waals surface area contributed by atoms with Crippen LogP contribution in [-0.4, -0.2) is 53.5 Å². The van der Waals surface area contributed by atoms with Crippen molar-refractivity contribution in [3.8, 4) is 0 Å². The highest BCUT2D eigenvalue weighted by Gasteiger charge is 2.45. The van der Waals surface area contributed by atoms with Gasteiger partial charge in [-0.1, -0.05) is 12.8 Å². The van der Waals surface area contributed by atoms with Crippen LogP contribution in [0.3, 0.4) is 0 Å². The van der Waals surface area contributed by atoms with Gasteiger partial charge in [0.25, 0.3) is 5.56 Å². The topological polar surface area (TPSA) is 160 Å². The van der Waals surface area contributed by atoms with Crippen LogP contribution in [0, 0.1) is 0 Å². The minimum absolute atomic E-state index is 0.474. The van der Waals surface area contributed by atoms with Crippen LogP contribution in [0.15, 0.2) is 21.9 Å². The van der Waals surface area contributed by atoms with Gasteiger partial charge in [-0.25, -0.2) is 13.3 Å². The Balaban J connectivity index is 2.24. The molecule has 0 aromatic carbocycles. The van der Waals surface area contributed by atoms with Crippen molar-refractivity contribution in [2.75, 3.05) is 6.61 Å². The number of nitrogens with zero attached hydrogens (tertiary/aromatic N) is 2. The van der Waals surface area contributed by atoms with Crippen molar-refractivity contribution in [3.63, 3.8) is 0 Å². The van der Waals surface area contributed by atoms with E-state index in [9.17, 15) is 24.4 Å². The highest BCUT2D eigenvalue weighted by atomic mass is 32.1. The first-order valence-corrected chi connectivity index (χ1v) is 7.80. The molecule has 0 radical (unpaired) electrons. The van der Waals surface area contributed by atoms with Gasteiger partial charge in [-0.15, -0.1) is 0 Å². The SMILES string of the molecule is O=c1ccn([C@H]2O[C@@H](COP(=O)(O)O)[C@H](O)[C@@H]2O)c(=O)n1S. The fraction of sp³-hybridized carbons (Fsp3) is 0.556. The second-order valence-electron chi connectivity index (χ2n) is 4.49. The summed E-state index contributed by atoms with van der Waals surface area (Å²) < 4.78 is 21.3. The van der Waals surface area contributed by atoms with Gasteiger partial charge >= 0.3 is 13.5 Å². The molecule has 4 atom stereocenters. The molecule has 22 heavy (non-hydrogen) atoms. The van der Waals surface area contributed by atoms with Crippen LogP contribution in [0.5, 0.6) is 0 Å². The summed E-state index contributed by atoms with van der Waals surface area (Å²) in [6, 6.07) is 0.996. The average Bonchev–Trinajstić information content (AvgIpc) is 2.70. The van der Waals surface area contributed by atoms with Crippen LogP contribution in [0.2, 0.25) is 0 Å². The summed E-state index contributed by atoms with van der Waals surface area (Å²) in [7, 11) is -4.78. The zero-order valence-electron chi connectivity index (χ0n) is 10.8. The third kappa shape index (κ3) is 3.50. The number of phosphoric acid groups is 1. The average molecular weight is 356 g/mol. The second kappa shape index (κ2) is 6.26. The van der Waals surface area contributed by atoms with Crippen LogP contribution in [0.4, 0.5) is 0 Å². The van der Waals surface area contributed by atoms with E-state index >= 15 is 0 Å². The number of aromatic nitrogens is 2. The summed E-state index contributed by atoms with van der Waals surface area (Å²) in [6.45, 7) is -0.700. The van der Waals surface area contributed by atoms with Gasteiger partial charge in [0.05, 0.1) is 6.61 Å². The largest absolute Gasteiger partial charge is 0.469 e. The molecule has 1 aliphatic heterocycles. The Morgan fingerprint density at radius 2 is 1.95 bits per heavy atom. The number of thiol groups is 1. The van der Waals surface area contributed by atoms with Gasteiger partial charge in [0.2, 0.25) is 0 Å². The van der Waals surface area contributed by atoms with Crippen molar-refractivity contribution in [1.82, 2.24) is 8.54 Å². The molecule has 0 aliphatic carbocycles. The van der Waals surface area contributed by atoms with E-state index in [0.29, 0.717) is 3.97 Å². The summed E-state index contributed by atoms with van der Waals surface area (Å²) in [5.41, 5.74) is -1.61. The van der Waals surface area contributed by atoms with E-state index in [-0.39, 0.29) is 0 Å². The Morgan fingerprint density at radius 3 is 2.55 bits per heavy atom. The summed E-state index contributed by atoms with van der Waals surface area (Å²) >= 11 is 3.67. The Hall–Kier alpha value is -0.980. The highest BCUT2D eigenvalue weighted by Crippen LogP contribution is 2.38. The zero-order valence-corrected chi connectivity index (χ0v) is 12.6. The maximum absolute atomic E-state index is 11.9. The molecule has 1 saturated heterocycles. The van der Waals surface area contributed by atoms with Crippen LogP contribution < -0.4 is 11.2 Å². The van der Waals surface area contributed by atoms with Gasteiger partial charge in [0.1, 0.15) is 18.3 Å². The van der Waals surface area contributed by atoms with Crippen molar-refractivity contribution in [2.24, 2.45) is 0 Å². The zero-order chi connectivity index (χ0) is 16.7. The molecule has 1 aromatic heterocycles. The summed E-state index contributed by atoms with van der Waals surface area (Å²) in [5.74, 6) is 0. The molecule has 1 fully saturated rings. The number of ether oxygens (including phenoxy) is 1. The van der Waals surface area contributed by atoms with Gasteiger partial charge in [-0.3, -0.25) is 13.9 Å². The standard InChI is InChI=1S/C9H13N2O9PS/c12-5-1-2-10(9(15)11(5)22)8-7(14)6(13)4(20-8)3-19-21(16,17)18/h1-2,4,6-8,13-14,22H,3H2,(H2,16,17,18)/t4-,6-,7-,8-/m0/s1. The maximum Gasteiger partial charge on any atom is 0.469 e. The smallest absolute Gasteiger partial charge is 0.387 e. The first kappa shape index (κ1) is 17.4.